The van der Waals surface area contributed by atoms with Crippen LogP contribution in [0.2, 0.25) is 0 Å². The lowest BCUT2D eigenvalue weighted by Gasteiger charge is -2.20. The SMILES string of the molecule is C[C@@H](NC[C@H](O)Cn1c(-c2ccccc2)c(-c2ccccc2)c2ccc3ccccc3c21)c1ccccc1. The fourth-order valence-corrected chi connectivity index (χ4v) is 5.55. The van der Waals surface area contributed by atoms with E-state index in [0.29, 0.717) is 13.1 Å². The van der Waals surface area contributed by atoms with Gasteiger partial charge in [-0.3, -0.25) is 0 Å². The van der Waals surface area contributed by atoms with Gasteiger partial charge in [-0.25, -0.2) is 0 Å². The highest BCUT2D eigenvalue weighted by atomic mass is 16.3. The van der Waals surface area contributed by atoms with E-state index in [9.17, 15) is 5.11 Å². The summed E-state index contributed by atoms with van der Waals surface area (Å²) in [5.74, 6) is 0. The molecule has 3 nitrogen and oxygen atoms in total. The Morgan fingerprint density at radius 1 is 0.658 bits per heavy atom. The minimum Gasteiger partial charge on any atom is -0.390 e. The predicted octanol–water partition coefficient (Wildman–Crippen LogP) is 7.84. The van der Waals surface area contributed by atoms with Crippen molar-refractivity contribution in [3.63, 3.8) is 0 Å². The first-order valence-corrected chi connectivity index (χ1v) is 13.3. The van der Waals surface area contributed by atoms with Gasteiger partial charge >= 0.3 is 0 Å². The molecule has 0 fully saturated rings. The molecule has 6 rings (SSSR count). The van der Waals surface area contributed by atoms with Crippen molar-refractivity contribution < 1.29 is 5.11 Å². The molecule has 2 N–H and O–H groups in total. The summed E-state index contributed by atoms with van der Waals surface area (Å²) in [5.41, 5.74) is 7.04. The number of rotatable bonds is 8. The molecule has 6 aromatic rings. The van der Waals surface area contributed by atoms with E-state index >= 15 is 0 Å². The molecular formula is C35H32N2O. The molecule has 0 aliphatic heterocycles. The number of nitrogens with one attached hydrogen (secondary N) is 1. The molecule has 0 amide bonds. The zero-order valence-corrected chi connectivity index (χ0v) is 21.6. The van der Waals surface area contributed by atoms with Gasteiger partial charge in [0.25, 0.3) is 0 Å². The van der Waals surface area contributed by atoms with Gasteiger partial charge < -0.3 is 15.0 Å². The molecular weight excluding hydrogens is 464 g/mol. The quantitative estimate of drug-likeness (QED) is 0.225. The molecule has 0 aliphatic rings. The van der Waals surface area contributed by atoms with E-state index in [0.717, 1.165) is 16.8 Å². The first kappa shape index (κ1) is 24.2. The number of benzene rings is 5. The average Bonchev–Trinajstić information content (AvgIpc) is 3.31. The molecule has 3 heteroatoms. The largest absolute Gasteiger partial charge is 0.390 e. The summed E-state index contributed by atoms with van der Waals surface area (Å²) in [6.07, 6.45) is -0.568. The van der Waals surface area contributed by atoms with Gasteiger partial charge in [0.05, 0.1) is 23.9 Å². The Morgan fingerprint density at radius 2 is 1.26 bits per heavy atom. The van der Waals surface area contributed by atoms with Crippen LogP contribution in [0.3, 0.4) is 0 Å². The molecule has 1 aromatic heterocycles. The topological polar surface area (TPSA) is 37.2 Å². The molecule has 0 radical (unpaired) electrons. The van der Waals surface area contributed by atoms with E-state index in [1.165, 1.54) is 32.8 Å². The lowest BCUT2D eigenvalue weighted by atomic mass is 9.97. The molecule has 0 bridgehead atoms. The number of nitrogens with zero attached hydrogens (tertiary/aromatic N) is 1. The van der Waals surface area contributed by atoms with Crippen molar-refractivity contribution in [2.45, 2.75) is 25.6 Å². The van der Waals surface area contributed by atoms with Crippen LogP contribution in [0.25, 0.3) is 44.1 Å². The number of fused-ring (bicyclic) bond motifs is 3. The Kier molecular flexibility index (Phi) is 6.78. The highest BCUT2D eigenvalue weighted by Gasteiger charge is 2.23. The highest BCUT2D eigenvalue weighted by molar-refractivity contribution is 6.15. The maximum absolute atomic E-state index is 11.4. The molecule has 0 spiro atoms. The van der Waals surface area contributed by atoms with Gasteiger partial charge in [-0.1, -0.05) is 127 Å². The molecule has 0 saturated carbocycles. The Morgan fingerprint density at radius 3 is 1.97 bits per heavy atom. The number of aromatic nitrogens is 1. The van der Waals surface area contributed by atoms with E-state index in [2.05, 4.69) is 138 Å². The van der Waals surface area contributed by atoms with Crippen LogP contribution in [-0.4, -0.2) is 22.3 Å². The highest BCUT2D eigenvalue weighted by Crippen LogP contribution is 2.43. The van der Waals surface area contributed by atoms with Crippen LogP contribution in [0.5, 0.6) is 0 Å². The lowest BCUT2D eigenvalue weighted by Crippen LogP contribution is -2.32. The lowest BCUT2D eigenvalue weighted by molar-refractivity contribution is 0.150. The standard InChI is InChI=1S/C35H32N2O/c1-25(26-13-5-2-6-14-26)36-23-30(38)24-37-34(29-18-9-4-10-19-29)33(28-16-7-3-8-17-28)32-22-21-27-15-11-12-20-31(27)35(32)37/h2-22,25,30,36,38H,23-24H2,1H3/t25-,30+/m1/s1. The normalized spacial score (nSPS) is 13.1. The minimum atomic E-state index is -0.568. The van der Waals surface area contributed by atoms with Crippen molar-refractivity contribution in [1.82, 2.24) is 9.88 Å². The van der Waals surface area contributed by atoms with E-state index in [4.69, 9.17) is 0 Å². The van der Waals surface area contributed by atoms with E-state index in [-0.39, 0.29) is 6.04 Å². The summed E-state index contributed by atoms with van der Waals surface area (Å²) < 4.78 is 2.34. The number of aliphatic hydroxyl groups excluding tert-OH is 1. The van der Waals surface area contributed by atoms with Crippen LogP contribution in [0.4, 0.5) is 0 Å². The molecule has 0 unspecified atom stereocenters. The van der Waals surface area contributed by atoms with Crippen LogP contribution in [0.1, 0.15) is 18.5 Å². The molecule has 0 aliphatic carbocycles. The number of aliphatic hydroxyl groups is 1. The molecule has 188 valence electrons. The second kappa shape index (κ2) is 10.7. The summed E-state index contributed by atoms with van der Waals surface area (Å²) >= 11 is 0. The molecule has 5 aromatic carbocycles. The van der Waals surface area contributed by atoms with Crippen molar-refractivity contribution in [1.29, 1.82) is 0 Å². The maximum atomic E-state index is 11.4. The Bertz CT molecular complexity index is 1660. The van der Waals surface area contributed by atoms with Crippen LogP contribution >= 0.6 is 0 Å². The van der Waals surface area contributed by atoms with Crippen molar-refractivity contribution in [3.05, 3.63) is 133 Å². The number of hydrogen-bond acceptors (Lipinski definition) is 2. The summed E-state index contributed by atoms with van der Waals surface area (Å²) in [5, 5.41) is 18.5. The summed E-state index contributed by atoms with van der Waals surface area (Å²) in [6, 6.07) is 44.7. The van der Waals surface area contributed by atoms with Gasteiger partial charge in [0.2, 0.25) is 0 Å². The zero-order valence-electron chi connectivity index (χ0n) is 21.6. The van der Waals surface area contributed by atoms with Crippen LogP contribution in [0, 0.1) is 0 Å². The fraction of sp³-hybridized carbons (Fsp3) is 0.143. The van der Waals surface area contributed by atoms with E-state index in [1.54, 1.807) is 0 Å². The Hall–Kier alpha value is -4.18. The molecule has 1 heterocycles. The third-order valence-electron chi connectivity index (χ3n) is 7.41. The predicted molar refractivity (Wildman–Crippen MR) is 159 cm³/mol. The first-order valence-electron chi connectivity index (χ1n) is 13.3. The Labute approximate surface area is 224 Å². The zero-order chi connectivity index (χ0) is 25.9. The molecule has 0 saturated heterocycles. The first-order chi connectivity index (χ1) is 18.7. The van der Waals surface area contributed by atoms with Crippen molar-refractivity contribution >= 4 is 21.7 Å². The molecule has 38 heavy (non-hydrogen) atoms. The average molecular weight is 497 g/mol. The molecule has 2 atom stereocenters. The minimum absolute atomic E-state index is 0.154. The van der Waals surface area contributed by atoms with Gasteiger partial charge in [0, 0.05) is 28.9 Å². The fourth-order valence-electron chi connectivity index (χ4n) is 5.55. The van der Waals surface area contributed by atoms with Crippen LogP contribution in [0.15, 0.2) is 127 Å². The second-order valence-corrected chi connectivity index (χ2v) is 9.94. The van der Waals surface area contributed by atoms with Crippen molar-refractivity contribution in [2.75, 3.05) is 6.54 Å². The van der Waals surface area contributed by atoms with Crippen LogP contribution < -0.4 is 5.32 Å². The van der Waals surface area contributed by atoms with Gasteiger partial charge in [-0.05, 0) is 29.0 Å². The van der Waals surface area contributed by atoms with Gasteiger partial charge in [0.15, 0.2) is 0 Å². The van der Waals surface area contributed by atoms with Gasteiger partial charge in [0.1, 0.15) is 0 Å². The Balaban J connectivity index is 1.50. The smallest absolute Gasteiger partial charge is 0.0843 e. The summed E-state index contributed by atoms with van der Waals surface area (Å²) in [6.45, 7) is 3.12. The summed E-state index contributed by atoms with van der Waals surface area (Å²) in [7, 11) is 0. The van der Waals surface area contributed by atoms with Crippen LogP contribution in [-0.2, 0) is 6.54 Å². The van der Waals surface area contributed by atoms with Crippen molar-refractivity contribution in [2.24, 2.45) is 0 Å². The van der Waals surface area contributed by atoms with E-state index in [1.807, 2.05) is 6.07 Å². The monoisotopic (exact) mass is 496 g/mol. The third-order valence-corrected chi connectivity index (χ3v) is 7.41. The number of hydrogen-bond donors (Lipinski definition) is 2. The second-order valence-electron chi connectivity index (χ2n) is 9.94. The van der Waals surface area contributed by atoms with Gasteiger partial charge in [-0.2, -0.15) is 0 Å². The van der Waals surface area contributed by atoms with Gasteiger partial charge in [-0.15, -0.1) is 0 Å². The third kappa shape index (κ3) is 4.63. The van der Waals surface area contributed by atoms with Crippen molar-refractivity contribution in [3.8, 4) is 22.4 Å². The van der Waals surface area contributed by atoms with E-state index < -0.39 is 6.10 Å². The summed E-state index contributed by atoms with van der Waals surface area (Å²) in [4.78, 5) is 0. The maximum Gasteiger partial charge on any atom is 0.0843 e.